The molecule has 1 aromatic rings. The van der Waals surface area contributed by atoms with Gasteiger partial charge in [-0.2, -0.15) is 17.5 Å². The minimum Gasteiger partial charge on any atom is -0.308 e. The van der Waals surface area contributed by atoms with Crippen LogP contribution in [0.5, 0.6) is 0 Å². The van der Waals surface area contributed by atoms with E-state index in [-0.39, 0.29) is 5.25 Å². The highest BCUT2D eigenvalue weighted by molar-refractivity contribution is 8.01. The van der Waals surface area contributed by atoms with E-state index in [0.29, 0.717) is 6.54 Å². The van der Waals surface area contributed by atoms with Crippen molar-refractivity contribution in [1.29, 1.82) is 0 Å². The maximum Gasteiger partial charge on any atom is 0.401 e. The second-order valence-corrected chi connectivity index (χ2v) is 5.35. The minimum atomic E-state index is -4.15. The van der Waals surface area contributed by atoms with Crippen LogP contribution in [-0.4, -0.2) is 33.9 Å². The molecule has 0 bridgehead atoms. The van der Waals surface area contributed by atoms with Crippen LogP contribution in [0.15, 0.2) is 10.7 Å². The summed E-state index contributed by atoms with van der Waals surface area (Å²) < 4.78 is 40.0. The largest absolute Gasteiger partial charge is 0.401 e. The zero-order chi connectivity index (χ0) is 11.3. The second kappa shape index (κ2) is 5.66. The number of thioether (sulfide) groups is 1. The molecule has 1 heterocycles. The van der Waals surface area contributed by atoms with E-state index in [2.05, 4.69) is 14.7 Å². The third-order valence-electron chi connectivity index (χ3n) is 1.40. The molecule has 0 aliphatic heterocycles. The molecule has 0 fully saturated rings. The lowest BCUT2D eigenvalue weighted by molar-refractivity contribution is -0.124. The molecule has 0 aliphatic carbocycles. The summed E-state index contributed by atoms with van der Waals surface area (Å²) >= 11 is 2.66. The highest BCUT2D eigenvalue weighted by Gasteiger charge is 2.26. The normalized spacial score (nSPS) is 14.1. The quantitative estimate of drug-likeness (QED) is 0.820. The predicted molar refractivity (Wildman–Crippen MR) is 54.2 cm³/mol. The van der Waals surface area contributed by atoms with Crippen LogP contribution in [0.25, 0.3) is 0 Å². The van der Waals surface area contributed by atoms with Crippen LogP contribution in [0.2, 0.25) is 0 Å². The van der Waals surface area contributed by atoms with Crippen molar-refractivity contribution in [2.75, 3.05) is 13.1 Å². The number of hydrogen-bond acceptors (Lipinski definition) is 5. The number of nitrogens with one attached hydrogen (secondary N) is 1. The number of hydrogen-bond donors (Lipinski definition) is 1. The van der Waals surface area contributed by atoms with Crippen molar-refractivity contribution in [3.05, 3.63) is 6.33 Å². The van der Waals surface area contributed by atoms with Crippen LogP contribution in [0.3, 0.4) is 0 Å². The first-order valence-electron chi connectivity index (χ1n) is 4.18. The third-order valence-corrected chi connectivity index (χ3v) is 3.25. The van der Waals surface area contributed by atoms with Crippen molar-refractivity contribution in [1.82, 2.24) is 14.7 Å². The van der Waals surface area contributed by atoms with E-state index in [0.717, 1.165) is 4.34 Å². The smallest absolute Gasteiger partial charge is 0.308 e. The van der Waals surface area contributed by atoms with Gasteiger partial charge in [-0.15, -0.1) is 0 Å². The molecule has 1 aromatic heterocycles. The van der Waals surface area contributed by atoms with Gasteiger partial charge >= 0.3 is 6.18 Å². The highest BCUT2D eigenvalue weighted by Crippen LogP contribution is 2.23. The lowest BCUT2D eigenvalue weighted by Crippen LogP contribution is -2.32. The fourth-order valence-corrected chi connectivity index (χ4v) is 2.57. The summed E-state index contributed by atoms with van der Waals surface area (Å²) in [6.07, 6.45) is -2.71. The van der Waals surface area contributed by atoms with E-state index >= 15 is 0 Å². The van der Waals surface area contributed by atoms with Gasteiger partial charge in [0.1, 0.15) is 6.33 Å². The molecule has 1 unspecified atom stereocenters. The Morgan fingerprint density at radius 1 is 1.60 bits per heavy atom. The van der Waals surface area contributed by atoms with Gasteiger partial charge in [-0.25, -0.2) is 4.98 Å². The summed E-state index contributed by atoms with van der Waals surface area (Å²) in [5, 5.41) is 2.39. The predicted octanol–water partition coefficient (Wildman–Crippen LogP) is 2.17. The van der Waals surface area contributed by atoms with Crippen LogP contribution in [0.4, 0.5) is 13.2 Å². The van der Waals surface area contributed by atoms with Crippen LogP contribution in [0.1, 0.15) is 6.92 Å². The number of aromatic nitrogens is 2. The van der Waals surface area contributed by atoms with Gasteiger partial charge in [0.05, 0.1) is 6.54 Å². The van der Waals surface area contributed by atoms with Gasteiger partial charge in [0.2, 0.25) is 0 Å². The second-order valence-electron chi connectivity index (χ2n) is 2.88. The minimum absolute atomic E-state index is 0.0419. The molecule has 0 radical (unpaired) electrons. The van der Waals surface area contributed by atoms with Crippen molar-refractivity contribution < 1.29 is 13.2 Å². The van der Waals surface area contributed by atoms with Gasteiger partial charge in [0.25, 0.3) is 0 Å². The first-order chi connectivity index (χ1) is 6.97. The van der Waals surface area contributed by atoms with Crippen molar-refractivity contribution in [2.45, 2.75) is 22.7 Å². The van der Waals surface area contributed by atoms with E-state index in [1.165, 1.54) is 29.6 Å². The Hall–Kier alpha value is -0.340. The summed E-state index contributed by atoms with van der Waals surface area (Å²) in [6, 6.07) is 0. The number of nitrogens with zero attached hydrogens (tertiary/aromatic N) is 2. The SMILES string of the molecule is CC(CNCC(F)(F)F)Sc1ncns1. The van der Waals surface area contributed by atoms with Crippen molar-refractivity contribution in [3.63, 3.8) is 0 Å². The lowest BCUT2D eigenvalue weighted by Gasteiger charge is -2.11. The summed E-state index contributed by atoms with van der Waals surface area (Å²) in [4.78, 5) is 3.93. The summed E-state index contributed by atoms with van der Waals surface area (Å²) in [7, 11) is 0. The Balaban J connectivity index is 2.17. The number of halogens is 3. The molecule has 8 heteroatoms. The van der Waals surface area contributed by atoms with Crippen LogP contribution >= 0.6 is 23.3 Å². The number of alkyl halides is 3. The van der Waals surface area contributed by atoms with E-state index in [1.807, 2.05) is 6.92 Å². The van der Waals surface area contributed by atoms with E-state index in [4.69, 9.17) is 0 Å². The van der Waals surface area contributed by atoms with Crippen LogP contribution < -0.4 is 5.32 Å². The van der Waals surface area contributed by atoms with Gasteiger partial charge in [-0.3, -0.25) is 0 Å². The first-order valence-corrected chi connectivity index (χ1v) is 5.83. The Labute approximate surface area is 93.6 Å². The molecule has 0 aromatic carbocycles. The standard InChI is InChI=1S/C7H10F3N3S2/c1-5(2-11-3-7(8,9)10)14-6-12-4-13-15-6/h4-5,11H,2-3H2,1H3. The maximum atomic E-state index is 11.8. The zero-order valence-electron chi connectivity index (χ0n) is 7.91. The summed E-state index contributed by atoms with van der Waals surface area (Å²) in [6.45, 7) is 1.19. The Kier molecular flexibility index (Phi) is 4.81. The molecule has 1 rings (SSSR count). The molecule has 1 N–H and O–H groups in total. The Bertz CT molecular complexity index is 276. The molecule has 3 nitrogen and oxygen atoms in total. The lowest BCUT2D eigenvalue weighted by atomic mass is 10.4. The maximum absolute atomic E-state index is 11.8. The molecule has 0 spiro atoms. The molecule has 0 saturated carbocycles. The molecular weight excluding hydrogens is 247 g/mol. The summed E-state index contributed by atoms with van der Waals surface area (Å²) in [5.41, 5.74) is 0. The molecule has 0 amide bonds. The van der Waals surface area contributed by atoms with Crippen molar-refractivity contribution in [2.24, 2.45) is 0 Å². The third kappa shape index (κ3) is 5.95. The van der Waals surface area contributed by atoms with E-state index in [9.17, 15) is 13.2 Å². The Morgan fingerprint density at radius 3 is 2.87 bits per heavy atom. The molecule has 0 saturated heterocycles. The first kappa shape index (κ1) is 12.7. The van der Waals surface area contributed by atoms with Crippen LogP contribution in [0, 0.1) is 0 Å². The average molecular weight is 257 g/mol. The van der Waals surface area contributed by atoms with Crippen molar-refractivity contribution >= 4 is 23.3 Å². The highest BCUT2D eigenvalue weighted by atomic mass is 32.2. The van der Waals surface area contributed by atoms with Gasteiger partial charge < -0.3 is 5.32 Å². The van der Waals surface area contributed by atoms with Gasteiger partial charge in [0.15, 0.2) is 4.34 Å². The van der Waals surface area contributed by atoms with Gasteiger partial charge in [-0.1, -0.05) is 18.7 Å². The topological polar surface area (TPSA) is 37.8 Å². The molecule has 1 atom stereocenters. The molecule has 86 valence electrons. The van der Waals surface area contributed by atoms with E-state index < -0.39 is 12.7 Å². The van der Waals surface area contributed by atoms with Crippen molar-refractivity contribution in [3.8, 4) is 0 Å². The zero-order valence-corrected chi connectivity index (χ0v) is 9.55. The van der Waals surface area contributed by atoms with Crippen LogP contribution in [-0.2, 0) is 0 Å². The average Bonchev–Trinajstić information content (AvgIpc) is 2.54. The van der Waals surface area contributed by atoms with Gasteiger partial charge in [0, 0.05) is 11.8 Å². The number of rotatable bonds is 5. The molecule has 15 heavy (non-hydrogen) atoms. The van der Waals surface area contributed by atoms with Gasteiger partial charge in [-0.05, 0) is 11.5 Å². The molecular formula is C7H10F3N3S2. The Morgan fingerprint density at radius 2 is 2.33 bits per heavy atom. The monoisotopic (exact) mass is 257 g/mol. The fourth-order valence-electron chi connectivity index (χ4n) is 0.846. The van der Waals surface area contributed by atoms with E-state index in [1.54, 1.807) is 0 Å². The fraction of sp³-hybridized carbons (Fsp3) is 0.714. The molecule has 0 aliphatic rings. The summed E-state index contributed by atoms with van der Waals surface area (Å²) in [5.74, 6) is 0.